The van der Waals surface area contributed by atoms with Gasteiger partial charge < -0.3 is 20.9 Å². The van der Waals surface area contributed by atoms with Crippen molar-refractivity contribution in [1.29, 1.82) is 0 Å². The summed E-state index contributed by atoms with van der Waals surface area (Å²) >= 11 is 5.53. The van der Waals surface area contributed by atoms with Crippen LogP contribution in [0.15, 0.2) is 48.5 Å². The minimum Gasteiger partial charge on any atom is -0.362 e. The predicted molar refractivity (Wildman–Crippen MR) is 139 cm³/mol. The zero-order valence-corrected chi connectivity index (χ0v) is 19.9. The fourth-order valence-corrected chi connectivity index (χ4v) is 4.49. The number of fused-ring (bicyclic) bond motifs is 1. The van der Waals surface area contributed by atoms with Gasteiger partial charge in [-0.05, 0) is 74.2 Å². The Kier molecular flexibility index (Phi) is 7.05. The highest BCUT2D eigenvalue weighted by atomic mass is 32.1. The molecular formula is C25H32N6S. The van der Waals surface area contributed by atoms with Gasteiger partial charge in [0.05, 0.1) is 5.52 Å². The van der Waals surface area contributed by atoms with E-state index in [1.807, 2.05) is 37.2 Å². The third-order valence-corrected chi connectivity index (χ3v) is 6.24. The lowest BCUT2D eigenvalue weighted by atomic mass is 9.91. The van der Waals surface area contributed by atoms with Crippen molar-refractivity contribution >= 4 is 45.7 Å². The van der Waals surface area contributed by atoms with Crippen molar-refractivity contribution in [2.24, 2.45) is 0 Å². The fraction of sp³-hybridized carbons (Fsp3) is 0.400. The second-order valence-corrected chi connectivity index (χ2v) is 9.03. The number of nitrogens with zero attached hydrogens (tertiary/aromatic N) is 3. The molecule has 1 aliphatic rings. The summed E-state index contributed by atoms with van der Waals surface area (Å²) in [6, 6.07) is 17.4. The van der Waals surface area contributed by atoms with Crippen molar-refractivity contribution in [1.82, 2.24) is 15.3 Å². The molecule has 0 saturated heterocycles. The van der Waals surface area contributed by atoms with Gasteiger partial charge in [0.15, 0.2) is 5.11 Å². The Bertz CT molecular complexity index is 1060. The Labute approximate surface area is 195 Å². The molecule has 168 valence electrons. The number of aromatic nitrogens is 2. The first kappa shape index (κ1) is 22.3. The molecule has 0 aliphatic heterocycles. The highest BCUT2D eigenvalue weighted by molar-refractivity contribution is 7.80. The van der Waals surface area contributed by atoms with E-state index in [-0.39, 0.29) is 0 Å². The highest BCUT2D eigenvalue weighted by Gasteiger charge is 2.22. The maximum absolute atomic E-state index is 5.53. The Morgan fingerprint density at radius 2 is 1.66 bits per heavy atom. The van der Waals surface area contributed by atoms with Crippen LogP contribution in [0, 0.1) is 0 Å². The molecule has 0 spiro atoms. The second-order valence-electron chi connectivity index (χ2n) is 8.62. The third kappa shape index (κ3) is 5.46. The van der Waals surface area contributed by atoms with E-state index in [0.29, 0.717) is 23.1 Å². The molecule has 0 atom stereocenters. The monoisotopic (exact) mass is 448 g/mol. The molecule has 0 amide bonds. The molecule has 1 fully saturated rings. The maximum atomic E-state index is 5.53. The van der Waals surface area contributed by atoms with Gasteiger partial charge >= 0.3 is 0 Å². The van der Waals surface area contributed by atoms with Crippen molar-refractivity contribution < 1.29 is 0 Å². The van der Waals surface area contributed by atoms with Gasteiger partial charge in [0.25, 0.3) is 0 Å². The second kappa shape index (κ2) is 10.1. The number of nitrogens with one attached hydrogen (secondary N) is 3. The Morgan fingerprint density at radius 3 is 2.34 bits per heavy atom. The molecule has 0 bridgehead atoms. The zero-order chi connectivity index (χ0) is 22.5. The summed E-state index contributed by atoms with van der Waals surface area (Å²) in [7, 11) is 4.04. The van der Waals surface area contributed by atoms with Crippen molar-refractivity contribution in [3.8, 4) is 0 Å². The van der Waals surface area contributed by atoms with Crippen molar-refractivity contribution in [2.75, 3.05) is 29.6 Å². The van der Waals surface area contributed by atoms with E-state index in [1.54, 1.807) is 0 Å². The maximum Gasteiger partial charge on any atom is 0.225 e. The summed E-state index contributed by atoms with van der Waals surface area (Å²) in [4.78, 5) is 11.6. The molecule has 1 heterocycles. The van der Waals surface area contributed by atoms with Crippen LogP contribution in [-0.4, -0.2) is 41.3 Å². The summed E-state index contributed by atoms with van der Waals surface area (Å²) < 4.78 is 0. The summed E-state index contributed by atoms with van der Waals surface area (Å²) in [5.41, 5.74) is 3.32. The molecule has 7 heteroatoms. The fourth-order valence-electron chi connectivity index (χ4n) is 4.21. The van der Waals surface area contributed by atoms with E-state index in [4.69, 9.17) is 22.2 Å². The third-order valence-electron chi connectivity index (χ3n) is 6.02. The van der Waals surface area contributed by atoms with Gasteiger partial charge in [0, 0.05) is 37.3 Å². The van der Waals surface area contributed by atoms with Gasteiger partial charge in [-0.1, -0.05) is 31.2 Å². The zero-order valence-electron chi connectivity index (χ0n) is 19.1. The number of anilines is 3. The SMILES string of the molecule is CCc1ccc(NC(=S)N[C@H]2CC[C@@H](Nc3nc(N(C)C)c4ccccc4n3)CC2)cc1. The van der Waals surface area contributed by atoms with E-state index in [9.17, 15) is 0 Å². The van der Waals surface area contributed by atoms with Crippen molar-refractivity contribution in [3.05, 3.63) is 54.1 Å². The molecule has 2 aromatic carbocycles. The quantitative estimate of drug-likeness (QED) is 0.460. The lowest BCUT2D eigenvalue weighted by Crippen LogP contribution is -2.42. The molecule has 0 radical (unpaired) electrons. The molecule has 3 N–H and O–H groups in total. The van der Waals surface area contributed by atoms with Gasteiger partial charge in [-0.25, -0.2) is 4.98 Å². The molecule has 32 heavy (non-hydrogen) atoms. The van der Waals surface area contributed by atoms with E-state index < -0.39 is 0 Å². The number of hydrogen-bond acceptors (Lipinski definition) is 5. The summed E-state index contributed by atoms with van der Waals surface area (Å²) in [6.07, 6.45) is 5.27. The lowest BCUT2D eigenvalue weighted by Gasteiger charge is -2.30. The molecule has 1 aromatic heterocycles. The molecule has 6 nitrogen and oxygen atoms in total. The van der Waals surface area contributed by atoms with Gasteiger partial charge in [0.1, 0.15) is 5.82 Å². The summed E-state index contributed by atoms with van der Waals surface area (Å²) in [5, 5.41) is 12.1. The van der Waals surface area contributed by atoms with Gasteiger partial charge in [0.2, 0.25) is 5.95 Å². The van der Waals surface area contributed by atoms with Crippen LogP contribution in [0.25, 0.3) is 10.9 Å². The van der Waals surface area contributed by atoms with E-state index >= 15 is 0 Å². The van der Waals surface area contributed by atoms with Crippen LogP contribution in [-0.2, 0) is 6.42 Å². The van der Waals surface area contributed by atoms with Crippen LogP contribution in [0.5, 0.6) is 0 Å². The molecule has 1 saturated carbocycles. The van der Waals surface area contributed by atoms with Crippen molar-refractivity contribution in [2.45, 2.75) is 51.1 Å². The smallest absolute Gasteiger partial charge is 0.225 e. The predicted octanol–water partition coefficient (Wildman–Crippen LogP) is 4.97. The number of hydrogen-bond donors (Lipinski definition) is 3. The van der Waals surface area contributed by atoms with Crippen LogP contribution in [0.1, 0.15) is 38.2 Å². The molecule has 0 unspecified atom stereocenters. The highest BCUT2D eigenvalue weighted by Crippen LogP contribution is 2.26. The van der Waals surface area contributed by atoms with Crippen LogP contribution in [0.3, 0.4) is 0 Å². The first-order valence-corrected chi connectivity index (χ1v) is 11.8. The average molecular weight is 449 g/mol. The summed E-state index contributed by atoms with van der Waals surface area (Å²) in [6.45, 7) is 2.16. The van der Waals surface area contributed by atoms with Gasteiger partial charge in [-0.15, -0.1) is 0 Å². The normalized spacial score (nSPS) is 18.2. The first-order valence-electron chi connectivity index (χ1n) is 11.4. The van der Waals surface area contributed by atoms with Crippen molar-refractivity contribution in [3.63, 3.8) is 0 Å². The van der Waals surface area contributed by atoms with Crippen LogP contribution >= 0.6 is 12.2 Å². The Balaban J connectivity index is 1.30. The van der Waals surface area contributed by atoms with Crippen LogP contribution in [0.4, 0.5) is 17.5 Å². The minimum absolute atomic E-state index is 0.368. The van der Waals surface area contributed by atoms with Gasteiger partial charge in [-0.3, -0.25) is 0 Å². The Morgan fingerprint density at radius 1 is 0.969 bits per heavy atom. The number of thiocarbonyl (C=S) groups is 1. The standard InChI is InChI=1S/C25H32N6S/c1-4-17-9-11-19(12-10-17)27-25(32)28-20-15-13-18(14-16-20)26-24-29-22-8-6-5-7-21(22)23(30-24)31(2)3/h5-12,18,20H,4,13-16H2,1-3H3,(H,26,29,30)(H2,27,28,32)/t18-,20+. The molecular weight excluding hydrogens is 416 g/mol. The first-order chi connectivity index (χ1) is 15.5. The topological polar surface area (TPSA) is 65.1 Å². The van der Waals surface area contributed by atoms with Gasteiger partial charge in [-0.2, -0.15) is 4.98 Å². The molecule has 3 aromatic rings. The van der Waals surface area contributed by atoms with E-state index in [0.717, 1.165) is 54.5 Å². The lowest BCUT2D eigenvalue weighted by molar-refractivity contribution is 0.387. The van der Waals surface area contributed by atoms with Crippen LogP contribution < -0.4 is 20.9 Å². The van der Waals surface area contributed by atoms with Crippen LogP contribution in [0.2, 0.25) is 0 Å². The number of benzene rings is 2. The van der Waals surface area contributed by atoms with E-state index in [2.05, 4.69) is 53.2 Å². The number of aryl methyl sites for hydroxylation is 1. The molecule has 4 rings (SSSR count). The van der Waals surface area contributed by atoms with E-state index in [1.165, 1.54) is 5.56 Å². The average Bonchev–Trinajstić information content (AvgIpc) is 2.80. The minimum atomic E-state index is 0.368. The number of para-hydroxylation sites is 1. The number of rotatable bonds is 6. The summed E-state index contributed by atoms with van der Waals surface area (Å²) in [5.74, 6) is 1.65. The Hall–Kier alpha value is -2.93. The largest absolute Gasteiger partial charge is 0.362 e. The molecule has 1 aliphatic carbocycles.